The summed E-state index contributed by atoms with van der Waals surface area (Å²) in [5, 5.41) is 44.0. The minimum Gasteiger partial charge on any atom is -0.508 e. The second kappa shape index (κ2) is 19.8. The number of carbonyl (C=O) groups is 7. The number of hydrogen-bond acceptors (Lipinski definition) is 9. The molecule has 0 aliphatic carbocycles. The second-order valence-electron chi connectivity index (χ2n) is 13.1. The lowest BCUT2D eigenvalue weighted by Crippen LogP contribution is -2.62. The lowest BCUT2D eigenvalue weighted by atomic mass is 9.97. The van der Waals surface area contributed by atoms with E-state index in [-0.39, 0.29) is 18.6 Å². The number of aliphatic carboxylic acids is 2. The highest BCUT2D eigenvalue weighted by molar-refractivity contribution is 5.98. The third kappa shape index (κ3) is 13.3. The van der Waals surface area contributed by atoms with E-state index in [9.17, 15) is 48.9 Å². The third-order valence-corrected chi connectivity index (χ3v) is 8.49. The molecule has 0 saturated carbocycles. The van der Waals surface area contributed by atoms with Crippen molar-refractivity contribution in [2.24, 2.45) is 5.92 Å². The van der Waals surface area contributed by atoms with Crippen LogP contribution in [0.25, 0.3) is 0 Å². The fraction of sp³-hybridized carbons (Fsp3) is 0.472. The molecule has 0 aromatic heterocycles. The van der Waals surface area contributed by atoms with Gasteiger partial charge in [-0.2, -0.15) is 0 Å². The molecule has 16 heteroatoms. The summed E-state index contributed by atoms with van der Waals surface area (Å²) in [6.07, 6.45) is -0.202. The molecule has 5 amide bonds. The second-order valence-corrected chi connectivity index (χ2v) is 13.1. The molecule has 0 bridgehead atoms. The van der Waals surface area contributed by atoms with Crippen molar-refractivity contribution in [3.05, 3.63) is 65.7 Å². The Bertz CT molecular complexity index is 1570. The molecule has 52 heavy (non-hydrogen) atoms. The lowest BCUT2D eigenvalue weighted by molar-refractivity contribution is -0.142. The monoisotopic (exact) mass is 726 g/mol. The number of carbonyl (C=O) groups excluding carboxylic acids is 5. The van der Waals surface area contributed by atoms with Crippen LogP contribution >= 0.6 is 0 Å². The summed E-state index contributed by atoms with van der Waals surface area (Å²) < 4.78 is 0. The Hall–Kier alpha value is -5.51. The number of carboxylic acid groups (broad SMARTS) is 2. The van der Waals surface area contributed by atoms with Gasteiger partial charge in [0.15, 0.2) is 0 Å². The number of phenolic OH excluding ortho intramolecular Hbond substituents is 1. The SMILES string of the molecule is CC[C@H](C)[C@H](NC(=O)[C@H](C)NC(=O)[C@H](CC(=O)O)NC(=O)C(C)(C)NC(=O)[C@H](Cc1ccc(O)cc1)NC)C(=O)N[C@@H](Cc1ccccc1)C(=O)O. The van der Waals surface area contributed by atoms with Crippen molar-refractivity contribution in [3.63, 3.8) is 0 Å². The Balaban J connectivity index is 2.10. The number of benzene rings is 2. The molecule has 9 N–H and O–H groups in total. The van der Waals surface area contributed by atoms with Crippen LogP contribution in [-0.4, -0.2) is 99.6 Å². The smallest absolute Gasteiger partial charge is 0.326 e. The topological polar surface area (TPSA) is 252 Å². The molecule has 2 rings (SSSR count). The van der Waals surface area contributed by atoms with Crippen LogP contribution in [0.1, 0.15) is 58.6 Å². The van der Waals surface area contributed by atoms with Crippen LogP contribution in [0.15, 0.2) is 54.6 Å². The first-order chi connectivity index (χ1) is 24.4. The van der Waals surface area contributed by atoms with Gasteiger partial charge in [0.1, 0.15) is 35.5 Å². The summed E-state index contributed by atoms with van der Waals surface area (Å²) in [6.45, 7) is 7.50. The third-order valence-electron chi connectivity index (χ3n) is 8.49. The predicted molar refractivity (Wildman–Crippen MR) is 190 cm³/mol. The summed E-state index contributed by atoms with van der Waals surface area (Å²) in [6, 6.07) is 8.70. The summed E-state index contributed by atoms with van der Waals surface area (Å²) in [4.78, 5) is 89.7. The minimum absolute atomic E-state index is 0.00258. The number of aromatic hydroxyl groups is 1. The maximum atomic E-state index is 13.3. The van der Waals surface area contributed by atoms with E-state index in [1.807, 2.05) is 0 Å². The molecule has 0 unspecified atom stereocenters. The molecule has 0 spiro atoms. The van der Waals surface area contributed by atoms with Gasteiger partial charge in [0, 0.05) is 6.42 Å². The van der Waals surface area contributed by atoms with E-state index in [0.29, 0.717) is 12.0 Å². The van der Waals surface area contributed by atoms with Gasteiger partial charge < -0.3 is 47.2 Å². The molecule has 16 nitrogen and oxygen atoms in total. The number of amides is 5. The largest absolute Gasteiger partial charge is 0.508 e. The number of nitrogens with one attached hydrogen (secondary N) is 6. The standard InChI is InChI=1S/C36H50N6O10/c1-7-20(2)29(33(49)39-27(34(50)51)18-22-11-9-8-10-12-22)41-30(46)21(3)38-31(47)26(19-28(44)45)40-35(52)36(4,5)42-32(48)25(37-6)17-23-13-15-24(43)16-14-23/h8-16,20-21,25-27,29,37,43H,7,17-19H2,1-6H3,(H,38,47)(H,39,49)(H,40,52)(H,41,46)(H,42,48)(H,44,45)(H,50,51)/t20-,21-,25-,26-,27-,29-/m0/s1. The van der Waals surface area contributed by atoms with Gasteiger partial charge in [0.25, 0.3) is 0 Å². The van der Waals surface area contributed by atoms with Gasteiger partial charge in [0.2, 0.25) is 29.5 Å². The summed E-state index contributed by atoms with van der Waals surface area (Å²) in [5.74, 6) is -7.09. The maximum absolute atomic E-state index is 13.3. The first-order valence-electron chi connectivity index (χ1n) is 16.9. The fourth-order valence-electron chi connectivity index (χ4n) is 5.04. The van der Waals surface area contributed by atoms with Crippen LogP contribution in [-0.2, 0) is 46.4 Å². The predicted octanol–water partition coefficient (Wildman–Crippen LogP) is 0.225. The van der Waals surface area contributed by atoms with Crippen molar-refractivity contribution in [2.75, 3.05) is 7.05 Å². The van der Waals surface area contributed by atoms with Gasteiger partial charge >= 0.3 is 11.9 Å². The molecule has 2 aromatic rings. The molecule has 0 aliphatic rings. The van der Waals surface area contributed by atoms with E-state index in [0.717, 1.165) is 5.56 Å². The molecular formula is C36H50N6O10. The summed E-state index contributed by atoms with van der Waals surface area (Å²) in [5.41, 5.74) is -0.210. The lowest BCUT2D eigenvalue weighted by Gasteiger charge is -2.30. The highest BCUT2D eigenvalue weighted by Gasteiger charge is 2.36. The Morgan fingerprint density at radius 1 is 0.692 bits per heavy atom. The fourth-order valence-corrected chi connectivity index (χ4v) is 5.04. The molecule has 0 radical (unpaired) electrons. The summed E-state index contributed by atoms with van der Waals surface area (Å²) >= 11 is 0. The van der Waals surface area contributed by atoms with E-state index in [1.54, 1.807) is 63.4 Å². The van der Waals surface area contributed by atoms with Crippen LogP contribution in [0.2, 0.25) is 0 Å². The van der Waals surface area contributed by atoms with Gasteiger partial charge in [-0.1, -0.05) is 62.7 Å². The van der Waals surface area contributed by atoms with Crippen molar-refractivity contribution >= 4 is 41.5 Å². The van der Waals surface area contributed by atoms with Crippen LogP contribution in [0.4, 0.5) is 0 Å². The minimum atomic E-state index is -1.66. The van der Waals surface area contributed by atoms with E-state index >= 15 is 0 Å². The zero-order valence-corrected chi connectivity index (χ0v) is 30.2. The summed E-state index contributed by atoms with van der Waals surface area (Å²) in [7, 11) is 1.55. The average molecular weight is 727 g/mol. The van der Waals surface area contributed by atoms with Crippen molar-refractivity contribution in [3.8, 4) is 5.75 Å². The Labute approximate surface area is 302 Å². The van der Waals surface area contributed by atoms with E-state index in [1.165, 1.54) is 32.9 Å². The quantitative estimate of drug-likeness (QED) is 0.0893. The Kier molecular flexibility index (Phi) is 16.2. The average Bonchev–Trinajstić information content (AvgIpc) is 3.08. The van der Waals surface area contributed by atoms with Crippen LogP contribution < -0.4 is 31.9 Å². The Morgan fingerprint density at radius 3 is 1.81 bits per heavy atom. The number of likely N-dealkylation sites (N-methyl/N-ethyl adjacent to an activating group) is 1. The van der Waals surface area contributed by atoms with Crippen molar-refractivity contribution in [1.29, 1.82) is 0 Å². The molecule has 6 atom stereocenters. The van der Waals surface area contributed by atoms with Crippen molar-refractivity contribution in [2.45, 2.75) is 96.1 Å². The molecule has 0 heterocycles. The maximum Gasteiger partial charge on any atom is 0.326 e. The number of carboxylic acids is 2. The number of hydrogen-bond donors (Lipinski definition) is 9. The molecule has 0 aliphatic heterocycles. The Morgan fingerprint density at radius 2 is 1.27 bits per heavy atom. The van der Waals surface area contributed by atoms with Gasteiger partial charge in [-0.25, -0.2) is 4.79 Å². The van der Waals surface area contributed by atoms with Gasteiger partial charge in [-0.15, -0.1) is 0 Å². The molecule has 284 valence electrons. The van der Waals surface area contributed by atoms with Crippen molar-refractivity contribution in [1.82, 2.24) is 31.9 Å². The van der Waals surface area contributed by atoms with E-state index < -0.39 is 89.6 Å². The van der Waals surface area contributed by atoms with E-state index in [2.05, 4.69) is 31.9 Å². The molecule has 2 aromatic carbocycles. The van der Waals surface area contributed by atoms with E-state index in [4.69, 9.17) is 0 Å². The van der Waals surface area contributed by atoms with Gasteiger partial charge in [0.05, 0.1) is 12.5 Å². The number of rotatable bonds is 20. The van der Waals surface area contributed by atoms with Gasteiger partial charge in [-0.05, 0) is 63.4 Å². The molecular weight excluding hydrogens is 676 g/mol. The van der Waals surface area contributed by atoms with Crippen LogP contribution in [0.5, 0.6) is 5.75 Å². The first-order valence-corrected chi connectivity index (χ1v) is 16.9. The first kappa shape index (κ1) is 42.7. The molecule has 0 fully saturated rings. The zero-order chi connectivity index (χ0) is 39.2. The van der Waals surface area contributed by atoms with Crippen molar-refractivity contribution < 1.29 is 48.9 Å². The normalized spacial score (nSPS) is 14.7. The highest BCUT2D eigenvalue weighted by Crippen LogP contribution is 2.14. The number of phenols is 1. The molecule has 0 saturated heterocycles. The van der Waals surface area contributed by atoms with Crippen LogP contribution in [0, 0.1) is 5.92 Å². The zero-order valence-electron chi connectivity index (χ0n) is 30.2. The van der Waals surface area contributed by atoms with Gasteiger partial charge in [-0.3, -0.25) is 28.8 Å². The highest BCUT2D eigenvalue weighted by atomic mass is 16.4. The van der Waals surface area contributed by atoms with Crippen LogP contribution in [0.3, 0.4) is 0 Å².